The lowest BCUT2D eigenvalue weighted by Gasteiger charge is -2.13. The number of ether oxygens (including phenoxy) is 2. The molecule has 3 nitrogen and oxygen atoms in total. The van der Waals surface area contributed by atoms with Gasteiger partial charge in [0.15, 0.2) is 11.6 Å². The molecular weight excluding hydrogens is 414 g/mol. The minimum atomic E-state index is -5.28. The smallest absolute Gasteiger partial charge is 0.423 e. The highest BCUT2D eigenvalue weighted by Crippen LogP contribution is 2.35. The van der Waals surface area contributed by atoms with E-state index in [0.717, 1.165) is 24.6 Å². The van der Waals surface area contributed by atoms with Gasteiger partial charge < -0.3 is 9.47 Å². The van der Waals surface area contributed by atoms with E-state index in [0.29, 0.717) is 18.1 Å². The molecule has 0 heterocycles. The molecule has 0 radical (unpaired) electrons. The summed E-state index contributed by atoms with van der Waals surface area (Å²) in [5.74, 6) is -6.72. The molecule has 0 saturated heterocycles. The highest BCUT2D eigenvalue weighted by molar-refractivity contribution is 5.92. The molecule has 0 saturated carbocycles. The van der Waals surface area contributed by atoms with Crippen molar-refractivity contribution < 1.29 is 40.6 Å². The molecule has 0 aliphatic heterocycles. The second-order valence-electron chi connectivity index (χ2n) is 6.39. The fourth-order valence-corrected chi connectivity index (χ4v) is 2.89. The molecule has 3 aromatic carbocycles. The minimum Gasteiger partial charge on any atom is -0.423 e. The molecule has 3 rings (SSSR count). The van der Waals surface area contributed by atoms with Crippen molar-refractivity contribution in [1.29, 1.82) is 0 Å². The number of rotatable bonds is 5. The van der Waals surface area contributed by atoms with Gasteiger partial charge in [0.1, 0.15) is 11.6 Å². The zero-order chi connectivity index (χ0) is 22.1. The van der Waals surface area contributed by atoms with Crippen LogP contribution < -0.4 is 9.47 Å². The van der Waals surface area contributed by atoms with Gasteiger partial charge in [0.2, 0.25) is 5.75 Å². The molecule has 0 N–H and O–H groups in total. The first-order valence-electron chi connectivity index (χ1n) is 8.77. The van der Waals surface area contributed by atoms with Crippen molar-refractivity contribution in [3.8, 4) is 11.5 Å². The van der Waals surface area contributed by atoms with Crippen LogP contribution in [0, 0.1) is 17.5 Å². The number of carbonyl (C=O) groups is 1. The van der Waals surface area contributed by atoms with Crippen LogP contribution in [0.2, 0.25) is 0 Å². The van der Waals surface area contributed by atoms with Gasteiger partial charge in [-0.2, -0.15) is 0 Å². The number of hydrogen-bond acceptors (Lipinski definition) is 3. The first kappa shape index (κ1) is 21.5. The second-order valence-corrected chi connectivity index (χ2v) is 6.39. The van der Waals surface area contributed by atoms with E-state index in [4.69, 9.17) is 4.74 Å². The molecule has 0 aliphatic carbocycles. The quantitative estimate of drug-likeness (QED) is 0.271. The van der Waals surface area contributed by atoms with Crippen LogP contribution in [-0.4, -0.2) is 12.3 Å². The summed E-state index contributed by atoms with van der Waals surface area (Å²) in [6.07, 6.45) is -3.85. The molecule has 0 atom stereocenters. The van der Waals surface area contributed by atoms with Crippen molar-refractivity contribution in [2.45, 2.75) is 26.1 Å². The van der Waals surface area contributed by atoms with E-state index in [1.807, 2.05) is 6.92 Å². The van der Waals surface area contributed by atoms with Crippen molar-refractivity contribution in [2.75, 3.05) is 0 Å². The van der Waals surface area contributed by atoms with E-state index in [1.54, 1.807) is 6.07 Å². The normalized spacial score (nSPS) is 11.6. The number of alkyl halides is 3. The van der Waals surface area contributed by atoms with Crippen LogP contribution in [0.1, 0.15) is 29.3 Å². The third-order valence-corrected chi connectivity index (χ3v) is 4.18. The van der Waals surface area contributed by atoms with Gasteiger partial charge in [0.05, 0.1) is 5.56 Å². The average molecular weight is 428 g/mol. The summed E-state index contributed by atoms with van der Waals surface area (Å²) in [6.45, 7) is 1.92. The SMILES string of the molecule is CCCc1ccc(C(=O)Oc2ccc3c(F)c(OC(F)(F)F)c(F)cc3c2)c(F)c1. The molecule has 0 bridgehead atoms. The number of esters is 1. The Morgan fingerprint density at radius 3 is 2.33 bits per heavy atom. The zero-order valence-corrected chi connectivity index (χ0v) is 15.4. The van der Waals surface area contributed by atoms with Crippen LogP contribution in [0.25, 0.3) is 10.8 Å². The van der Waals surface area contributed by atoms with Crippen LogP contribution in [0.5, 0.6) is 11.5 Å². The summed E-state index contributed by atoms with van der Waals surface area (Å²) in [6, 6.07) is 7.80. The maximum Gasteiger partial charge on any atom is 0.573 e. The number of benzene rings is 3. The van der Waals surface area contributed by atoms with Gasteiger partial charge in [-0.05, 0) is 53.8 Å². The number of halogens is 6. The highest BCUT2D eigenvalue weighted by Gasteiger charge is 2.34. The van der Waals surface area contributed by atoms with Crippen LogP contribution in [0.15, 0.2) is 42.5 Å². The molecule has 3 aromatic rings. The van der Waals surface area contributed by atoms with Crippen molar-refractivity contribution in [3.63, 3.8) is 0 Å². The first-order valence-corrected chi connectivity index (χ1v) is 8.77. The van der Waals surface area contributed by atoms with Crippen molar-refractivity contribution in [2.24, 2.45) is 0 Å². The molecule has 0 spiro atoms. The van der Waals surface area contributed by atoms with Gasteiger partial charge in [0.25, 0.3) is 0 Å². The monoisotopic (exact) mass is 428 g/mol. The first-order chi connectivity index (χ1) is 14.1. The van der Waals surface area contributed by atoms with Gasteiger partial charge >= 0.3 is 12.3 Å². The van der Waals surface area contributed by atoms with Crippen molar-refractivity contribution in [3.05, 3.63) is 71.0 Å². The lowest BCUT2D eigenvalue weighted by Crippen LogP contribution is -2.19. The Morgan fingerprint density at radius 2 is 1.70 bits per heavy atom. The Morgan fingerprint density at radius 1 is 0.967 bits per heavy atom. The highest BCUT2D eigenvalue weighted by atomic mass is 19.4. The predicted octanol–water partition coefficient (Wildman–Crippen LogP) is 6.33. The van der Waals surface area contributed by atoms with E-state index in [2.05, 4.69) is 4.74 Å². The summed E-state index contributed by atoms with van der Waals surface area (Å²) in [5, 5.41) is -0.561. The van der Waals surface area contributed by atoms with E-state index >= 15 is 0 Å². The van der Waals surface area contributed by atoms with Gasteiger partial charge in [-0.25, -0.2) is 18.0 Å². The topological polar surface area (TPSA) is 35.5 Å². The van der Waals surface area contributed by atoms with Crippen molar-refractivity contribution in [1.82, 2.24) is 0 Å². The van der Waals surface area contributed by atoms with Gasteiger partial charge in [0, 0.05) is 5.39 Å². The summed E-state index contributed by atoms with van der Waals surface area (Å²) in [5.41, 5.74) is 0.376. The van der Waals surface area contributed by atoms with Crippen LogP contribution in [-0.2, 0) is 6.42 Å². The van der Waals surface area contributed by atoms with Crippen LogP contribution in [0.4, 0.5) is 26.3 Å². The van der Waals surface area contributed by atoms with E-state index < -0.39 is 35.5 Å². The third kappa shape index (κ3) is 4.67. The largest absolute Gasteiger partial charge is 0.573 e. The Kier molecular flexibility index (Phi) is 5.91. The van der Waals surface area contributed by atoms with Gasteiger partial charge in [-0.1, -0.05) is 19.4 Å². The molecule has 9 heteroatoms. The fraction of sp³-hybridized carbons (Fsp3) is 0.190. The number of carbonyl (C=O) groups excluding carboxylic acids is 1. The predicted molar refractivity (Wildman–Crippen MR) is 95.9 cm³/mol. The standard InChI is InChI=1S/C21H14F6O3/c1-2-3-11-4-6-15(16(22)8-11)20(28)29-13-5-7-14-12(9-13)10-17(23)19(18(14)24)30-21(25,26)27/h4-10H,2-3H2,1H3. The molecule has 30 heavy (non-hydrogen) atoms. The molecule has 0 amide bonds. The lowest BCUT2D eigenvalue weighted by molar-refractivity contribution is -0.276. The van der Waals surface area contributed by atoms with E-state index in [-0.39, 0.29) is 22.1 Å². The molecule has 0 aliphatic rings. The third-order valence-electron chi connectivity index (χ3n) is 4.18. The maximum atomic E-state index is 14.3. The number of fused-ring (bicyclic) bond motifs is 1. The van der Waals surface area contributed by atoms with Crippen LogP contribution in [0.3, 0.4) is 0 Å². The van der Waals surface area contributed by atoms with Crippen molar-refractivity contribution >= 4 is 16.7 Å². The maximum absolute atomic E-state index is 14.3. The molecule has 0 unspecified atom stereocenters. The van der Waals surface area contributed by atoms with Gasteiger partial charge in [-0.15, -0.1) is 13.2 Å². The molecule has 158 valence electrons. The Bertz CT molecular complexity index is 1110. The number of aryl methyl sites for hydroxylation is 1. The summed E-state index contributed by atoms with van der Waals surface area (Å²) in [7, 11) is 0. The van der Waals surface area contributed by atoms with Gasteiger partial charge in [-0.3, -0.25) is 0 Å². The summed E-state index contributed by atoms with van der Waals surface area (Å²) >= 11 is 0. The second kappa shape index (κ2) is 8.25. The number of hydrogen-bond donors (Lipinski definition) is 0. The molecule has 0 fully saturated rings. The summed E-state index contributed by atoms with van der Waals surface area (Å²) in [4.78, 5) is 12.2. The minimum absolute atomic E-state index is 0.173. The van der Waals surface area contributed by atoms with E-state index in [9.17, 15) is 31.1 Å². The summed E-state index contributed by atoms with van der Waals surface area (Å²) < 4.78 is 87.7. The lowest BCUT2D eigenvalue weighted by atomic mass is 10.1. The zero-order valence-electron chi connectivity index (χ0n) is 15.4. The Hall–Kier alpha value is -3.23. The fourth-order valence-electron chi connectivity index (χ4n) is 2.89. The van der Waals surface area contributed by atoms with E-state index in [1.165, 1.54) is 12.1 Å². The Balaban J connectivity index is 1.89. The molecule has 0 aromatic heterocycles. The molecular formula is C21H14F6O3. The average Bonchev–Trinajstić information content (AvgIpc) is 2.64. The Labute approximate surface area is 166 Å². The van der Waals surface area contributed by atoms with Crippen LogP contribution >= 0.6 is 0 Å².